The van der Waals surface area contributed by atoms with E-state index in [-0.39, 0.29) is 12.5 Å². The molecule has 0 saturated carbocycles. The molecule has 2 aromatic rings. The number of rotatable bonds is 5. The molecule has 0 saturated heterocycles. The third-order valence-electron chi connectivity index (χ3n) is 4.97. The van der Waals surface area contributed by atoms with Gasteiger partial charge in [0.1, 0.15) is 5.60 Å². The van der Waals surface area contributed by atoms with E-state index in [9.17, 15) is 5.11 Å². The summed E-state index contributed by atoms with van der Waals surface area (Å²) in [6.45, 7) is 3.84. The summed E-state index contributed by atoms with van der Waals surface area (Å²) in [6, 6.07) is 5.97. The molecular formula is C18H25ClN2O2. The van der Waals surface area contributed by atoms with Gasteiger partial charge in [-0.1, -0.05) is 17.7 Å². The zero-order chi connectivity index (χ0) is 16.6. The van der Waals surface area contributed by atoms with Crippen LogP contribution < -0.4 is 0 Å². The molecule has 126 valence electrons. The second-order valence-corrected chi connectivity index (χ2v) is 7.23. The van der Waals surface area contributed by atoms with E-state index in [0.717, 1.165) is 34.6 Å². The van der Waals surface area contributed by atoms with Gasteiger partial charge in [-0.3, -0.25) is 0 Å². The lowest BCUT2D eigenvalue weighted by molar-refractivity contribution is -0.101. The Kier molecular flexibility index (Phi) is 4.70. The molecule has 2 heterocycles. The van der Waals surface area contributed by atoms with Gasteiger partial charge in [-0.05, 0) is 51.6 Å². The lowest BCUT2D eigenvalue weighted by Crippen LogP contribution is -2.44. The van der Waals surface area contributed by atoms with Gasteiger partial charge >= 0.3 is 0 Å². The maximum atomic E-state index is 9.52. The number of hydrogen-bond acceptors (Lipinski definition) is 3. The SMILES string of the molecule is CN(C)CC(CCO)C1(C)OCCc2c1[nH]c1cccc(Cl)c21. The molecular weight excluding hydrogens is 312 g/mol. The normalized spacial score (nSPS) is 22.5. The largest absolute Gasteiger partial charge is 0.396 e. The lowest BCUT2D eigenvalue weighted by atomic mass is 9.80. The van der Waals surface area contributed by atoms with Gasteiger partial charge in [0.25, 0.3) is 0 Å². The van der Waals surface area contributed by atoms with Gasteiger partial charge in [0.15, 0.2) is 0 Å². The van der Waals surface area contributed by atoms with Crippen LogP contribution >= 0.6 is 11.6 Å². The Morgan fingerprint density at radius 2 is 2.22 bits per heavy atom. The summed E-state index contributed by atoms with van der Waals surface area (Å²) in [7, 11) is 4.11. The summed E-state index contributed by atoms with van der Waals surface area (Å²) in [6.07, 6.45) is 1.57. The fourth-order valence-corrected chi connectivity index (χ4v) is 4.13. The molecule has 1 aromatic heterocycles. The van der Waals surface area contributed by atoms with Crippen molar-refractivity contribution >= 4 is 22.5 Å². The molecule has 1 aliphatic heterocycles. The predicted octanol–water partition coefficient (Wildman–Crippen LogP) is 3.17. The fourth-order valence-electron chi connectivity index (χ4n) is 3.84. The number of nitrogens with one attached hydrogen (secondary N) is 1. The average Bonchev–Trinajstić information content (AvgIpc) is 2.88. The maximum absolute atomic E-state index is 9.52. The van der Waals surface area contributed by atoms with E-state index in [2.05, 4.69) is 37.0 Å². The first kappa shape index (κ1) is 16.8. The Morgan fingerprint density at radius 1 is 1.43 bits per heavy atom. The van der Waals surface area contributed by atoms with Crippen molar-refractivity contribution in [3.05, 3.63) is 34.5 Å². The first-order valence-corrected chi connectivity index (χ1v) is 8.54. The molecule has 0 fully saturated rings. The van der Waals surface area contributed by atoms with Crippen LogP contribution in [0.3, 0.4) is 0 Å². The van der Waals surface area contributed by atoms with E-state index < -0.39 is 5.60 Å². The Labute approximate surface area is 142 Å². The summed E-state index contributed by atoms with van der Waals surface area (Å²) in [5, 5.41) is 11.4. The minimum Gasteiger partial charge on any atom is -0.396 e. The number of halogens is 1. The highest BCUT2D eigenvalue weighted by molar-refractivity contribution is 6.35. The summed E-state index contributed by atoms with van der Waals surface area (Å²) in [5.41, 5.74) is 3.00. The first-order valence-electron chi connectivity index (χ1n) is 8.16. The van der Waals surface area contributed by atoms with E-state index in [4.69, 9.17) is 16.3 Å². The van der Waals surface area contributed by atoms with Crippen molar-refractivity contribution in [3.63, 3.8) is 0 Å². The monoisotopic (exact) mass is 336 g/mol. The Balaban J connectivity index is 2.12. The molecule has 2 unspecified atom stereocenters. The molecule has 2 atom stereocenters. The molecule has 5 heteroatoms. The topological polar surface area (TPSA) is 48.5 Å². The van der Waals surface area contributed by atoms with Crippen molar-refractivity contribution in [1.29, 1.82) is 0 Å². The number of ether oxygens (including phenoxy) is 1. The van der Waals surface area contributed by atoms with Gasteiger partial charge in [-0.2, -0.15) is 0 Å². The highest BCUT2D eigenvalue weighted by Crippen LogP contribution is 2.44. The molecule has 23 heavy (non-hydrogen) atoms. The van der Waals surface area contributed by atoms with Crippen LogP contribution in [0.5, 0.6) is 0 Å². The van der Waals surface area contributed by atoms with Crippen molar-refractivity contribution in [2.45, 2.75) is 25.4 Å². The summed E-state index contributed by atoms with van der Waals surface area (Å²) < 4.78 is 6.26. The minimum atomic E-state index is -0.442. The van der Waals surface area contributed by atoms with Crippen LogP contribution in [0.1, 0.15) is 24.6 Å². The molecule has 1 aliphatic rings. The van der Waals surface area contributed by atoms with Crippen LogP contribution in [-0.2, 0) is 16.8 Å². The van der Waals surface area contributed by atoms with Crippen LogP contribution in [0.2, 0.25) is 5.02 Å². The van der Waals surface area contributed by atoms with Crippen LogP contribution in [0.25, 0.3) is 10.9 Å². The molecule has 1 aromatic carbocycles. The van der Waals surface area contributed by atoms with E-state index in [0.29, 0.717) is 13.0 Å². The van der Waals surface area contributed by atoms with Crippen molar-refractivity contribution in [1.82, 2.24) is 9.88 Å². The average molecular weight is 337 g/mol. The van der Waals surface area contributed by atoms with Gasteiger partial charge in [0.05, 0.1) is 17.3 Å². The third-order valence-corrected chi connectivity index (χ3v) is 5.28. The second kappa shape index (κ2) is 6.44. The number of nitrogens with zero attached hydrogens (tertiary/aromatic N) is 1. The van der Waals surface area contributed by atoms with E-state index in [1.807, 2.05) is 12.1 Å². The van der Waals surface area contributed by atoms with Crippen LogP contribution in [-0.4, -0.2) is 48.8 Å². The van der Waals surface area contributed by atoms with Crippen molar-refractivity contribution in [2.24, 2.45) is 5.92 Å². The van der Waals surface area contributed by atoms with Crippen molar-refractivity contribution in [2.75, 3.05) is 33.9 Å². The zero-order valence-corrected chi connectivity index (χ0v) is 14.8. The summed E-state index contributed by atoms with van der Waals surface area (Å²) in [5.74, 6) is 0.202. The fraction of sp³-hybridized carbons (Fsp3) is 0.556. The number of aliphatic hydroxyl groups excluding tert-OH is 1. The molecule has 0 spiro atoms. The quantitative estimate of drug-likeness (QED) is 0.881. The highest BCUT2D eigenvalue weighted by Gasteiger charge is 2.42. The van der Waals surface area contributed by atoms with Crippen LogP contribution in [0, 0.1) is 5.92 Å². The third kappa shape index (κ3) is 2.89. The number of H-pyrrole nitrogens is 1. The Bertz CT molecular complexity index is 698. The molecule has 0 amide bonds. The maximum Gasteiger partial charge on any atom is 0.109 e. The Morgan fingerprint density at radius 3 is 2.91 bits per heavy atom. The lowest BCUT2D eigenvalue weighted by Gasteiger charge is -2.41. The minimum absolute atomic E-state index is 0.160. The molecule has 0 bridgehead atoms. The van der Waals surface area contributed by atoms with Gasteiger partial charge in [-0.15, -0.1) is 0 Å². The smallest absolute Gasteiger partial charge is 0.109 e. The number of hydrogen-bond donors (Lipinski definition) is 2. The number of aromatic nitrogens is 1. The summed E-state index contributed by atoms with van der Waals surface area (Å²) >= 11 is 6.44. The van der Waals surface area contributed by atoms with Crippen LogP contribution in [0.15, 0.2) is 18.2 Å². The predicted molar refractivity (Wildman–Crippen MR) is 94.1 cm³/mol. The van der Waals surface area contributed by atoms with Gasteiger partial charge < -0.3 is 19.7 Å². The van der Waals surface area contributed by atoms with Gasteiger partial charge in [0.2, 0.25) is 0 Å². The number of aromatic amines is 1. The number of fused-ring (bicyclic) bond motifs is 3. The molecule has 0 aliphatic carbocycles. The number of aliphatic hydroxyl groups is 1. The van der Waals surface area contributed by atoms with Gasteiger partial charge in [-0.25, -0.2) is 0 Å². The zero-order valence-electron chi connectivity index (χ0n) is 14.0. The number of benzene rings is 1. The van der Waals surface area contributed by atoms with Crippen molar-refractivity contribution in [3.8, 4) is 0 Å². The Hall–Kier alpha value is -1.07. The second-order valence-electron chi connectivity index (χ2n) is 6.82. The van der Waals surface area contributed by atoms with E-state index in [1.54, 1.807) is 0 Å². The van der Waals surface area contributed by atoms with E-state index >= 15 is 0 Å². The molecule has 4 nitrogen and oxygen atoms in total. The highest BCUT2D eigenvalue weighted by atomic mass is 35.5. The van der Waals surface area contributed by atoms with Gasteiger partial charge in [0, 0.05) is 30.0 Å². The summed E-state index contributed by atoms with van der Waals surface area (Å²) in [4.78, 5) is 5.70. The molecule has 0 radical (unpaired) electrons. The molecule has 2 N–H and O–H groups in total. The van der Waals surface area contributed by atoms with E-state index in [1.165, 1.54) is 5.56 Å². The standard InChI is InChI=1S/C18H25ClN2O2/c1-18(12(7-9-22)11-21(2)3)17-13(8-10-23-18)16-14(19)5-4-6-15(16)20-17/h4-6,12,20,22H,7-11H2,1-3H3. The molecule has 3 rings (SSSR count). The first-order chi connectivity index (χ1) is 11.0. The van der Waals surface area contributed by atoms with Crippen LogP contribution in [0.4, 0.5) is 0 Å². The van der Waals surface area contributed by atoms with Crippen molar-refractivity contribution < 1.29 is 9.84 Å².